The summed E-state index contributed by atoms with van der Waals surface area (Å²) in [5.41, 5.74) is 7.33. The van der Waals surface area contributed by atoms with Gasteiger partial charge in [0.15, 0.2) is 0 Å². The summed E-state index contributed by atoms with van der Waals surface area (Å²) in [6.45, 7) is 0. The molecular weight excluding hydrogens is 283 g/mol. The van der Waals surface area contributed by atoms with Gasteiger partial charge in [-0.2, -0.15) is 5.26 Å². The first-order chi connectivity index (χ1) is 9.10. The minimum absolute atomic E-state index is 0.349. The third-order valence-corrected chi connectivity index (χ3v) is 4.07. The van der Waals surface area contributed by atoms with Gasteiger partial charge in [0.05, 0.1) is 16.7 Å². The lowest BCUT2D eigenvalue weighted by Gasteiger charge is -2.06. The van der Waals surface area contributed by atoms with Gasteiger partial charge in [0.1, 0.15) is 5.82 Å². The Bertz CT molecular complexity index is 652. The molecule has 0 aliphatic rings. The molecule has 0 aromatic heterocycles. The van der Waals surface area contributed by atoms with Crippen LogP contribution in [-0.2, 0) is 5.75 Å². The molecule has 0 aliphatic carbocycles. The van der Waals surface area contributed by atoms with Gasteiger partial charge in [-0.3, -0.25) is 0 Å². The van der Waals surface area contributed by atoms with E-state index in [0.717, 1.165) is 4.90 Å². The van der Waals surface area contributed by atoms with E-state index in [9.17, 15) is 4.39 Å². The first-order valence-corrected chi connectivity index (χ1v) is 6.83. The quantitative estimate of drug-likeness (QED) is 0.680. The summed E-state index contributed by atoms with van der Waals surface area (Å²) in [6, 6.07) is 11.4. The number of nitriles is 1. The van der Waals surface area contributed by atoms with Crippen LogP contribution in [0.3, 0.4) is 0 Å². The van der Waals surface area contributed by atoms with Crippen LogP contribution in [0.4, 0.5) is 10.1 Å². The molecule has 0 aliphatic heterocycles. The number of hydrogen-bond donors (Lipinski definition) is 1. The van der Waals surface area contributed by atoms with E-state index in [1.807, 2.05) is 12.1 Å². The number of nitrogen functional groups attached to an aromatic ring is 1. The highest BCUT2D eigenvalue weighted by Crippen LogP contribution is 2.31. The summed E-state index contributed by atoms with van der Waals surface area (Å²) in [4.78, 5) is 0.851. The molecule has 2 rings (SSSR count). The Morgan fingerprint density at radius 2 is 2.05 bits per heavy atom. The van der Waals surface area contributed by atoms with E-state index < -0.39 is 0 Å². The van der Waals surface area contributed by atoms with Crippen LogP contribution in [0, 0.1) is 17.1 Å². The van der Waals surface area contributed by atoms with Gasteiger partial charge >= 0.3 is 0 Å². The molecule has 0 amide bonds. The smallest absolute Gasteiger partial charge is 0.123 e. The van der Waals surface area contributed by atoms with Crippen molar-refractivity contribution in [1.29, 1.82) is 5.26 Å². The Balaban J connectivity index is 2.19. The Kier molecular flexibility index (Phi) is 4.31. The highest BCUT2D eigenvalue weighted by molar-refractivity contribution is 7.98. The topological polar surface area (TPSA) is 49.8 Å². The molecule has 0 saturated heterocycles. The maximum Gasteiger partial charge on any atom is 0.123 e. The van der Waals surface area contributed by atoms with Crippen molar-refractivity contribution in [3.63, 3.8) is 0 Å². The summed E-state index contributed by atoms with van der Waals surface area (Å²) in [5.74, 6) is 0.127. The number of hydrogen-bond acceptors (Lipinski definition) is 3. The lowest BCUT2D eigenvalue weighted by atomic mass is 10.1. The van der Waals surface area contributed by atoms with Gasteiger partial charge in [-0.15, -0.1) is 11.8 Å². The zero-order valence-corrected chi connectivity index (χ0v) is 11.4. The fourth-order valence-corrected chi connectivity index (χ4v) is 2.84. The summed E-state index contributed by atoms with van der Waals surface area (Å²) in [5, 5.41) is 9.53. The molecule has 2 aromatic rings. The first-order valence-electron chi connectivity index (χ1n) is 5.46. The van der Waals surface area contributed by atoms with E-state index in [4.69, 9.17) is 22.6 Å². The fraction of sp³-hybridized carbons (Fsp3) is 0.0714. The minimum Gasteiger partial charge on any atom is -0.399 e. The van der Waals surface area contributed by atoms with Crippen LogP contribution in [0.1, 0.15) is 11.1 Å². The predicted molar refractivity (Wildman–Crippen MR) is 76.5 cm³/mol. The van der Waals surface area contributed by atoms with Crippen LogP contribution in [-0.4, -0.2) is 0 Å². The molecule has 0 heterocycles. The van der Waals surface area contributed by atoms with Crippen molar-refractivity contribution in [1.82, 2.24) is 0 Å². The molecule has 2 aromatic carbocycles. The van der Waals surface area contributed by atoms with Gasteiger partial charge < -0.3 is 5.73 Å². The van der Waals surface area contributed by atoms with Gasteiger partial charge in [-0.1, -0.05) is 11.6 Å². The monoisotopic (exact) mass is 292 g/mol. The summed E-state index contributed by atoms with van der Waals surface area (Å²) >= 11 is 7.50. The Hall–Kier alpha value is -1.70. The second kappa shape index (κ2) is 5.96. The third kappa shape index (κ3) is 3.40. The van der Waals surface area contributed by atoms with Crippen molar-refractivity contribution in [2.45, 2.75) is 10.6 Å². The molecule has 0 radical (unpaired) electrons. The van der Waals surface area contributed by atoms with Crippen molar-refractivity contribution >= 4 is 29.1 Å². The molecule has 0 unspecified atom stereocenters. The Morgan fingerprint density at radius 3 is 2.74 bits per heavy atom. The average Bonchev–Trinajstić information content (AvgIpc) is 2.38. The average molecular weight is 293 g/mol. The SMILES string of the molecule is N#Cc1ccc(F)cc1CSc1ccc(N)cc1Cl. The highest BCUT2D eigenvalue weighted by Gasteiger charge is 2.07. The van der Waals surface area contributed by atoms with Crippen molar-refractivity contribution < 1.29 is 4.39 Å². The van der Waals surface area contributed by atoms with E-state index in [0.29, 0.717) is 27.6 Å². The summed E-state index contributed by atoms with van der Waals surface area (Å²) in [6.07, 6.45) is 0. The minimum atomic E-state index is -0.349. The summed E-state index contributed by atoms with van der Waals surface area (Å²) < 4.78 is 13.2. The largest absolute Gasteiger partial charge is 0.399 e. The lowest BCUT2D eigenvalue weighted by Crippen LogP contribution is -1.90. The number of benzene rings is 2. The molecule has 0 saturated carbocycles. The lowest BCUT2D eigenvalue weighted by molar-refractivity contribution is 0.626. The molecule has 0 atom stereocenters. The van der Waals surface area contributed by atoms with Gasteiger partial charge in [0, 0.05) is 16.3 Å². The normalized spacial score (nSPS) is 10.2. The molecule has 0 fully saturated rings. The molecule has 19 heavy (non-hydrogen) atoms. The van der Waals surface area contributed by atoms with E-state index in [-0.39, 0.29) is 5.82 Å². The fourth-order valence-electron chi connectivity index (χ4n) is 1.58. The van der Waals surface area contributed by atoms with Crippen molar-refractivity contribution in [3.05, 3.63) is 58.4 Å². The van der Waals surface area contributed by atoms with Gasteiger partial charge in [-0.25, -0.2) is 4.39 Å². The summed E-state index contributed by atoms with van der Waals surface area (Å²) in [7, 11) is 0. The molecule has 2 N–H and O–H groups in total. The Morgan fingerprint density at radius 1 is 1.26 bits per heavy atom. The zero-order chi connectivity index (χ0) is 13.8. The van der Waals surface area contributed by atoms with Crippen LogP contribution < -0.4 is 5.73 Å². The first kappa shape index (κ1) is 13.7. The maximum atomic E-state index is 13.2. The predicted octanol–water partition coefficient (Wildman–Crippen LogP) is 4.23. The van der Waals surface area contributed by atoms with Gasteiger partial charge in [0.2, 0.25) is 0 Å². The standard InChI is InChI=1S/C14H10ClFN2S/c15-13-6-12(18)3-4-14(13)19-8-10-5-11(16)2-1-9(10)7-17/h1-6H,8,18H2. The van der Waals surface area contributed by atoms with Gasteiger partial charge in [-0.05, 0) is 42.0 Å². The number of nitrogens with zero attached hydrogens (tertiary/aromatic N) is 1. The third-order valence-electron chi connectivity index (χ3n) is 2.53. The zero-order valence-electron chi connectivity index (χ0n) is 9.86. The number of halogens is 2. The Labute approximate surface area is 120 Å². The number of thioether (sulfide) groups is 1. The number of anilines is 1. The second-order valence-electron chi connectivity index (χ2n) is 3.89. The van der Waals surface area contributed by atoms with E-state index in [1.165, 1.54) is 30.0 Å². The van der Waals surface area contributed by atoms with E-state index in [2.05, 4.69) is 0 Å². The molecular formula is C14H10ClFN2S. The number of nitrogens with two attached hydrogens (primary N) is 1. The molecule has 2 nitrogen and oxygen atoms in total. The van der Waals surface area contributed by atoms with Crippen LogP contribution in [0.5, 0.6) is 0 Å². The molecule has 96 valence electrons. The van der Waals surface area contributed by atoms with Crippen molar-refractivity contribution in [2.24, 2.45) is 0 Å². The van der Waals surface area contributed by atoms with Crippen LogP contribution >= 0.6 is 23.4 Å². The molecule has 5 heteroatoms. The van der Waals surface area contributed by atoms with Gasteiger partial charge in [0.25, 0.3) is 0 Å². The van der Waals surface area contributed by atoms with Crippen LogP contribution in [0.15, 0.2) is 41.3 Å². The van der Waals surface area contributed by atoms with E-state index in [1.54, 1.807) is 12.1 Å². The second-order valence-corrected chi connectivity index (χ2v) is 5.32. The van der Waals surface area contributed by atoms with Crippen molar-refractivity contribution in [2.75, 3.05) is 5.73 Å². The maximum absolute atomic E-state index is 13.2. The number of rotatable bonds is 3. The van der Waals surface area contributed by atoms with E-state index >= 15 is 0 Å². The van der Waals surface area contributed by atoms with Crippen molar-refractivity contribution in [3.8, 4) is 6.07 Å². The van der Waals surface area contributed by atoms with Crippen LogP contribution in [0.25, 0.3) is 0 Å². The molecule has 0 spiro atoms. The highest BCUT2D eigenvalue weighted by atomic mass is 35.5. The molecule has 0 bridgehead atoms. The van der Waals surface area contributed by atoms with Crippen LogP contribution in [0.2, 0.25) is 5.02 Å².